The van der Waals surface area contributed by atoms with Crippen molar-refractivity contribution in [3.8, 4) is 6.07 Å². The molecule has 2 amide bonds. The van der Waals surface area contributed by atoms with Gasteiger partial charge < -0.3 is 15.2 Å². The zero-order valence-corrected chi connectivity index (χ0v) is 14.0. The van der Waals surface area contributed by atoms with Crippen LogP contribution in [0.1, 0.15) is 36.5 Å². The Hall–Kier alpha value is -3.28. The number of nitrogens with zero attached hydrogens (tertiary/aromatic N) is 4. The van der Waals surface area contributed by atoms with Crippen LogP contribution in [0.25, 0.3) is 0 Å². The lowest BCUT2D eigenvalue weighted by Gasteiger charge is -2.09. The zero-order chi connectivity index (χ0) is 18.5. The van der Waals surface area contributed by atoms with Crippen LogP contribution >= 0.6 is 0 Å². The van der Waals surface area contributed by atoms with Crippen molar-refractivity contribution in [2.45, 2.75) is 38.8 Å². The molecule has 1 aliphatic heterocycles. The van der Waals surface area contributed by atoms with E-state index >= 15 is 0 Å². The molecule has 0 unspecified atom stereocenters. The standard InChI is InChI=1S/C17H17FN6O2/c18-12-8-11(9-19)5-6-13(12)21-17(26)16(25)20-10-15-23-22-14-4-2-1-3-7-24(14)15/h5-6,8H,1-4,7,10H2,(H,20,25)(H,21,26). The van der Waals surface area contributed by atoms with Gasteiger partial charge in [0.1, 0.15) is 11.6 Å². The summed E-state index contributed by atoms with van der Waals surface area (Å²) >= 11 is 0. The van der Waals surface area contributed by atoms with Gasteiger partial charge in [-0.15, -0.1) is 10.2 Å². The first-order valence-corrected chi connectivity index (χ1v) is 8.28. The summed E-state index contributed by atoms with van der Waals surface area (Å²) in [5, 5.41) is 21.5. The Kier molecular flexibility index (Phi) is 5.22. The number of amides is 2. The van der Waals surface area contributed by atoms with E-state index in [2.05, 4.69) is 20.8 Å². The Morgan fingerprint density at radius 1 is 1.23 bits per heavy atom. The Morgan fingerprint density at radius 2 is 2.08 bits per heavy atom. The van der Waals surface area contributed by atoms with E-state index in [9.17, 15) is 14.0 Å². The van der Waals surface area contributed by atoms with Gasteiger partial charge in [-0.25, -0.2) is 4.39 Å². The third kappa shape index (κ3) is 3.85. The highest BCUT2D eigenvalue weighted by molar-refractivity contribution is 6.39. The third-order valence-corrected chi connectivity index (χ3v) is 4.15. The number of aromatic nitrogens is 3. The molecule has 0 aliphatic carbocycles. The summed E-state index contributed by atoms with van der Waals surface area (Å²) in [4.78, 5) is 23.9. The molecule has 1 aromatic carbocycles. The van der Waals surface area contributed by atoms with Crippen LogP contribution in [0.2, 0.25) is 0 Å². The number of halogens is 1. The van der Waals surface area contributed by atoms with Gasteiger partial charge in [-0.05, 0) is 31.0 Å². The average molecular weight is 356 g/mol. The smallest absolute Gasteiger partial charge is 0.313 e. The lowest BCUT2D eigenvalue weighted by molar-refractivity contribution is -0.136. The second kappa shape index (κ2) is 7.74. The number of rotatable bonds is 3. The fraction of sp³-hybridized carbons (Fsp3) is 0.353. The monoisotopic (exact) mass is 356 g/mol. The molecule has 0 saturated heterocycles. The zero-order valence-electron chi connectivity index (χ0n) is 14.0. The minimum atomic E-state index is -0.996. The molecule has 26 heavy (non-hydrogen) atoms. The first-order valence-electron chi connectivity index (χ1n) is 8.28. The predicted molar refractivity (Wildman–Crippen MR) is 89.2 cm³/mol. The molecule has 1 aromatic heterocycles. The van der Waals surface area contributed by atoms with E-state index in [1.54, 1.807) is 6.07 Å². The molecular formula is C17H17FN6O2. The van der Waals surface area contributed by atoms with Gasteiger partial charge in [0.25, 0.3) is 0 Å². The van der Waals surface area contributed by atoms with Gasteiger partial charge in [0.15, 0.2) is 5.82 Å². The highest BCUT2D eigenvalue weighted by Crippen LogP contribution is 2.16. The summed E-state index contributed by atoms with van der Waals surface area (Å²) in [6.07, 6.45) is 4.04. The quantitative estimate of drug-likeness (QED) is 0.804. The summed E-state index contributed by atoms with van der Waals surface area (Å²) in [7, 11) is 0. The molecule has 0 atom stereocenters. The summed E-state index contributed by atoms with van der Waals surface area (Å²) in [6, 6.07) is 5.36. The van der Waals surface area contributed by atoms with Crippen molar-refractivity contribution in [1.29, 1.82) is 5.26 Å². The minimum absolute atomic E-state index is 0.0646. The van der Waals surface area contributed by atoms with Gasteiger partial charge in [0.05, 0.1) is 23.9 Å². The summed E-state index contributed by atoms with van der Waals surface area (Å²) in [6.45, 7) is 0.852. The van der Waals surface area contributed by atoms with Gasteiger partial charge in [-0.1, -0.05) is 6.42 Å². The summed E-state index contributed by atoms with van der Waals surface area (Å²) in [5.41, 5.74) is -0.0436. The molecule has 0 spiro atoms. The van der Waals surface area contributed by atoms with E-state index in [0.717, 1.165) is 44.1 Å². The van der Waals surface area contributed by atoms with Crippen LogP contribution in [0.15, 0.2) is 18.2 Å². The number of carbonyl (C=O) groups excluding carboxylic acids is 2. The Bertz CT molecular complexity index is 886. The number of nitrogens with one attached hydrogen (secondary N) is 2. The highest BCUT2D eigenvalue weighted by atomic mass is 19.1. The number of fused-ring (bicyclic) bond motifs is 1. The van der Waals surface area contributed by atoms with Crippen molar-refractivity contribution in [2.75, 3.05) is 5.32 Å². The molecule has 2 aromatic rings. The second-order valence-corrected chi connectivity index (χ2v) is 5.94. The number of hydrogen-bond donors (Lipinski definition) is 2. The van der Waals surface area contributed by atoms with Gasteiger partial charge in [-0.3, -0.25) is 9.59 Å². The molecule has 9 heteroatoms. The topological polar surface area (TPSA) is 113 Å². The average Bonchev–Trinajstić information content (AvgIpc) is 2.87. The molecule has 0 fully saturated rings. The number of aryl methyl sites for hydroxylation is 1. The van der Waals surface area contributed by atoms with Crippen molar-refractivity contribution in [2.24, 2.45) is 0 Å². The van der Waals surface area contributed by atoms with Crippen LogP contribution in [0.4, 0.5) is 10.1 Å². The van der Waals surface area contributed by atoms with Crippen molar-refractivity contribution in [3.05, 3.63) is 41.2 Å². The van der Waals surface area contributed by atoms with Crippen LogP contribution in [-0.4, -0.2) is 26.6 Å². The van der Waals surface area contributed by atoms with Crippen LogP contribution in [0, 0.1) is 17.1 Å². The SMILES string of the molecule is N#Cc1ccc(NC(=O)C(=O)NCc2nnc3n2CCCCC3)c(F)c1. The molecule has 2 N–H and O–H groups in total. The largest absolute Gasteiger partial charge is 0.341 e. The Balaban J connectivity index is 1.59. The summed E-state index contributed by atoms with van der Waals surface area (Å²) in [5.74, 6) is -1.21. The van der Waals surface area contributed by atoms with Gasteiger partial charge in [0.2, 0.25) is 0 Å². The van der Waals surface area contributed by atoms with Gasteiger partial charge in [0, 0.05) is 13.0 Å². The molecule has 134 valence electrons. The van der Waals surface area contributed by atoms with E-state index < -0.39 is 17.6 Å². The first-order chi connectivity index (χ1) is 12.6. The maximum absolute atomic E-state index is 13.8. The molecule has 8 nitrogen and oxygen atoms in total. The van der Waals surface area contributed by atoms with Crippen molar-refractivity contribution in [3.63, 3.8) is 0 Å². The normalized spacial score (nSPS) is 13.2. The van der Waals surface area contributed by atoms with Crippen LogP contribution in [0.5, 0.6) is 0 Å². The lowest BCUT2D eigenvalue weighted by atomic mass is 10.2. The number of benzene rings is 1. The van der Waals surface area contributed by atoms with Crippen LogP contribution < -0.4 is 10.6 Å². The Morgan fingerprint density at radius 3 is 2.85 bits per heavy atom. The maximum Gasteiger partial charge on any atom is 0.313 e. The second-order valence-electron chi connectivity index (χ2n) is 5.94. The molecule has 0 radical (unpaired) electrons. The van der Waals surface area contributed by atoms with Crippen LogP contribution in [-0.2, 0) is 29.1 Å². The summed E-state index contributed by atoms with van der Waals surface area (Å²) < 4.78 is 15.7. The number of carbonyl (C=O) groups is 2. The molecule has 0 bridgehead atoms. The van der Waals surface area contributed by atoms with E-state index in [4.69, 9.17) is 5.26 Å². The fourth-order valence-corrected chi connectivity index (χ4v) is 2.78. The number of anilines is 1. The molecular weight excluding hydrogens is 339 g/mol. The van der Waals surface area contributed by atoms with E-state index in [1.807, 2.05) is 4.57 Å². The van der Waals surface area contributed by atoms with Crippen LogP contribution in [0.3, 0.4) is 0 Å². The number of hydrogen-bond acceptors (Lipinski definition) is 5. The Labute approximate surface area is 149 Å². The predicted octanol–water partition coefficient (Wildman–Crippen LogP) is 1.27. The molecule has 3 rings (SSSR count). The van der Waals surface area contributed by atoms with Crippen molar-refractivity contribution < 1.29 is 14.0 Å². The molecule has 1 aliphatic rings. The maximum atomic E-state index is 13.8. The van der Waals surface area contributed by atoms with E-state index in [1.165, 1.54) is 12.1 Å². The molecule has 2 heterocycles. The first kappa shape index (κ1) is 17.5. The van der Waals surface area contributed by atoms with Crippen molar-refractivity contribution >= 4 is 17.5 Å². The highest BCUT2D eigenvalue weighted by Gasteiger charge is 2.19. The lowest BCUT2D eigenvalue weighted by Crippen LogP contribution is -2.35. The minimum Gasteiger partial charge on any atom is -0.341 e. The fourth-order valence-electron chi connectivity index (χ4n) is 2.78. The van der Waals surface area contributed by atoms with Gasteiger partial charge >= 0.3 is 11.8 Å². The molecule has 0 saturated carbocycles. The van der Waals surface area contributed by atoms with Crippen molar-refractivity contribution in [1.82, 2.24) is 20.1 Å². The third-order valence-electron chi connectivity index (χ3n) is 4.15. The van der Waals surface area contributed by atoms with E-state index in [0.29, 0.717) is 5.82 Å². The number of nitriles is 1. The van der Waals surface area contributed by atoms with Gasteiger partial charge in [-0.2, -0.15) is 5.26 Å². The van der Waals surface area contributed by atoms with E-state index in [-0.39, 0.29) is 17.8 Å².